The van der Waals surface area contributed by atoms with Crippen molar-refractivity contribution >= 4 is 47.4 Å². The van der Waals surface area contributed by atoms with Crippen molar-refractivity contribution in [2.45, 2.75) is 18.4 Å². The normalized spacial score (nSPS) is 19.7. The third-order valence-electron chi connectivity index (χ3n) is 4.77. The van der Waals surface area contributed by atoms with E-state index in [1.54, 1.807) is 28.0 Å². The van der Waals surface area contributed by atoms with E-state index < -0.39 is 5.54 Å². The van der Waals surface area contributed by atoms with Gasteiger partial charge in [-0.25, -0.2) is 0 Å². The minimum absolute atomic E-state index is 0. The van der Waals surface area contributed by atoms with Crippen LogP contribution in [0.1, 0.15) is 23.2 Å². The highest BCUT2D eigenvalue weighted by molar-refractivity contribution is 6.35. The third kappa shape index (κ3) is 4.61. The van der Waals surface area contributed by atoms with Crippen LogP contribution in [0.15, 0.2) is 18.2 Å². The van der Waals surface area contributed by atoms with Crippen molar-refractivity contribution in [3.8, 4) is 0 Å². The largest absolute Gasteiger partial charge is 0.381 e. The molecule has 1 aromatic rings. The van der Waals surface area contributed by atoms with Gasteiger partial charge < -0.3 is 20.3 Å². The lowest BCUT2D eigenvalue weighted by Gasteiger charge is -2.41. The van der Waals surface area contributed by atoms with Crippen LogP contribution in [0.5, 0.6) is 0 Å². The Hall–Kier alpha value is -1.05. The Labute approximate surface area is 168 Å². The molecule has 0 radical (unpaired) electrons. The molecular weight excluding hydrogens is 401 g/mol. The molecule has 2 aliphatic rings. The predicted molar refractivity (Wildman–Crippen MR) is 103 cm³/mol. The minimum atomic E-state index is -0.842. The van der Waals surface area contributed by atoms with E-state index in [1.165, 1.54) is 0 Å². The van der Waals surface area contributed by atoms with Crippen molar-refractivity contribution < 1.29 is 14.3 Å². The molecule has 2 N–H and O–H groups in total. The van der Waals surface area contributed by atoms with Crippen molar-refractivity contribution in [3.63, 3.8) is 0 Å². The molecule has 0 unspecified atom stereocenters. The molecule has 0 saturated carbocycles. The van der Waals surface area contributed by atoms with Gasteiger partial charge >= 0.3 is 0 Å². The second kappa shape index (κ2) is 8.76. The van der Waals surface area contributed by atoms with Gasteiger partial charge in [-0.15, -0.1) is 12.4 Å². The number of carbonyl (C=O) groups excluding carboxylic acids is 2. The summed E-state index contributed by atoms with van der Waals surface area (Å²) in [5, 5.41) is 0.850. The highest BCUT2D eigenvalue weighted by atomic mass is 35.5. The highest BCUT2D eigenvalue weighted by Crippen LogP contribution is 2.23. The highest BCUT2D eigenvalue weighted by Gasteiger charge is 2.40. The molecule has 2 aliphatic heterocycles. The van der Waals surface area contributed by atoms with Gasteiger partial charge in [-0.1, -0.05) is 23.2 Å². The van der Waals surface area contributed by atoms with E-state index in [1.807, 2.05) is 0 Å². The zero-order chi connectivity index (χ0) is 18.0. The number of piperazine rings is 1. The number of carbonyl (C=O) groups is 2. The van der Waals surface area contributed by atoms with Crippen LogP contribution in [-0.2, 0) is 9.53 Å². The van der Waals surface area contributed by atoms with Crippen LogP contribution in [0.25, 0.3) is 0 Å². The average molecular weight is 423 g/mol. The molecule has 6 nitrogen and oxygen atoms in total. The molecular formula is C17H22Cl3N3O3. The maximum atomic E-state index is 12.7. The van der Waals surface area contributed by atoms with Crippen molar-refractivity contribution in [2.75, 3.05) is 39.4 Å². The molecule has 2 fully saturated rings. The zero-order valence-corrected chi connectivity index (χ0v) is 16.6. The first kappa shape index (κ1) is 21.3. The van der Waals surface area contributed by atoms with Gasteiger partial charge in [0.1, 0.15) is 0 Å². The summed E-state index contributed by atoms with van der Waals surface area (Å²) in [7, 11) is 0. The van der Waals surface area contributed by atoms with Crippen LogP contribution in [0.4, 0.5) is 0 Å². The summed E-state index contributed by atoms with van der Waals surface area (Å²) in [6, 6.07) is 4.79. The summed E-state index contributed by atoms with van der Waals surface area (Å²) < 4.78 is 5.29. The Morgan fingerprint density at radius 3 is 2.00 bits per heavy atom. The van der Waals surface area contributed by atoms with Gasteiger partial charge in [-0.2, -0.15) is 0 Å². The van der Waals surface area contributed by atoms with Crippen LogP contribution in [0.2, 0.25) is 10.0 Å². The molecule has 2 heterocycles. The van der Waals surface area contributed by atoms with Gasteiger partial charge in [0.25, 0.3) is 5.91 Å². The summed E-state index contributed by atoms with van der Waals surface area (Å²) in [4.78, 5) is 28.8. The van der Waals surface area contributed by atoms with Crippen LogP contribution in [-0.4, -0.2) is 66.5 Å². The van der Waals surface area contributed by atoms with E-state index in [0.29, 0.717) is 67.8 Å². The first-order valence-electron chi connectivity index (χ1n) is 8.30. The summed E-state index contributed by atoms with van der Waals surface area (Å²) >= 11 is 11.9. The smallest absolute Gasteiger partial charge is 0.254 e. The van der Waals surface area contributed by atoms with Crippen molar-refractivity contribution in [1.29, 1.82) is 0 Å². The first-order valence-corrected chi connectivity index (χ1v) is 9.06. The second-order valence-corrected chi connectivity index (χ2v) is 7.38. The SMILES string of the molecule is Cl.NC1(C(=O)N2CCN(C(=O)c3cc(Cl)cc(Cl)c3)CC2)CCOCC1. The van der Waals surface area contributed by atoms with Crippen LogP contribution < -0.4 is 5.73 Å². The van der Waals surface area contributed by atoms with Gasteiger partial charge in [0.05, 0.1) is 5.54 Å². The number of amides is 2. The number of ether oxygens (including phenoxy) is 1. The molecule has 1 aromatic carbocycles. The Morgan fingerprint density at radius 1 is 0.962 bits per heavy atom. The van der Waals surface area contributed by atoms with Crippen molar-refractivity contribution in [2.24, 2.45) is 5.73 Å². The van der Waals surface area contributed by atoms with Gasteiger partial charge in [0.15, 0.2) is 0 Å². The minimum Gasteiger partial charge on any atom is -0.381 e. The quantitative estimate of drug-likeness (QED) is 0.793. The number of nitrogens with zero attached hydrogens (tertiary/aromatic N) is 2. The fraction of sp³-hybridized carbons (Fsp3) is 0.529. The Kier molecular flexibility index (Phi) is 7.16. The van der Waals surface area contributed by atoms with E-state index >= 15 is 0 Å². The first-order chi connectivity index (χ1) is 11.9. The lowest BCUT2D eigenvalue weighted by molar-refractivity contribution is -0.142. The Bertz CT molecular complexity index is 652. The van der Waals surface area contributed by atoms with Crippen LogP contribution >= 0.6 is 35.6 Å². The van der Waals surface area contributed by atoms with Crippen LogP contribution in [0.3, 0.4) is 0 Å². The fourth-order valence-corrected chi connectivity index (χ4v) is 3.76. The summed E-state index contributed by atoms with van der Waals surface area (Å²) in [6.07, 6.45) is 1.07. The summed E-state index contributed by atoms with van der Waals surface area (Å²) in [6.45, 7) is 2.88. The molecule has 0 aromatic heterocycles. The van der Waals surface area contributed by atoms with Gasteiger partial charge in [-0.3, -0.25) is 9.59 Å². The standard InChI is InChI=1S/C17H21Cl2N3O3.ClH/c18-13-9-12(10-14(19)11-13)15(23)21-3-5-22(6-4-21)16(24)17(20)1-7-25-8-2-17;/h9-11H,1-8,20H2;1H. The van der Waals surface area contributed by atoms with Crippen molar-refractivity contribution in [1.82, 2.24) is 9.80 Å². The number of nitrogens with two attached hydrogens (primary N) is 1. The Morgan fingerprint density at radius 2 is 1.46 bits per heavy atom. The molecule has 0 spiro atoms. The fourth-order valence-electron chi connectivity index (χ4n) is 3.24. The van der Waals surface area contributed by atoms with E-state index in [9.17, 15) is 9.59 Å². The monoisotopic (exact) mass is 421 g/mol. The lowest BCUT2D eigenvalue weighted by Crippen LogP contribution is -2.61. The molecule has 0 atom stereocenters. The van der Waals surface area contributed by atoms with Gasteiger partial charge in [-0.05, 0) is 31.0 Å². The molecule has 26 heavy (non-hydrogen) atoms. The molecule has 3 rings (SSSR count). The molecule has 2 saturated heterocycles. The number of benzene rings is 1. The predicted octanol–water partition coefficient (Wildman–Crippen LogP) is 2.21. The molecule has 9 heteroatoms. The van der Waals surface area contributed by atoms with Crippen molar-refractivity contribution in [3.05, 3.63) is 33.8 Å². The molecule has 0 aliphatic carbocycles. The average Bonchev–Trinajstić information content (AvgIpc) is 2.60. The Balaban J connectivity index is 0.00000243. The van der Waals surface area contributed by atoms with Gasteiger partial charge in [0, 0.05) is 55.0 Å². The third-order valence-corrected chi connectivity index (χ3v) is 5.21. The van der Waals surface area contributed by atoms with E-state index in [0.717, 1.165) is 0 Å². The summed E-state index contributed by atoms with van der Waals surface area (Å²) in [5.74, 6) is -0.182. The number of hydrogen-bond acceptors (Lipinski definition) is 4. The number of hydrogen-bond donors (Lipinski definition) is 1. The van der Waals surface area contributed by atoms with E-state index in [4.69, 9.17) is 33.7 Å². The zero-order valence-electron chi connectivity index (χ0n) is 14.2. The van der Waals surface area contributed by atoms with E-state index in [-0.39, 0.29) is 24.2 Å². The molecule has 144 valence electrons. The maximum Gasteiger partial charge on any atom is 0.254 e. The van der Waals surface area contributed by atoms with Crippen LogP contribution in [0, 0.1) is 0 Å². The molecule has 2 amide bonds. The lowest BCUT2D eigenvalue weighted by atomic mass is 9.89. The molecule has 0 bridgehead atoms. The maximum absolute atomic E-state index is 12.7. The van der Waals surface area contributed by atoms with E-state index in [2.05, 4.69) is 0 Å². The van der Waals surface area contributed by atoms with Gasteiger partial charge in [0.2, 0.25) is 5.91 Å². The second-order valence-electron chi connectivity index (χ2n) is 6.51. The topological polar surface area (TPSA) is 75.9 Å². The number of rotatable bonds is 2. The number of halogens is 3. The summed E-state index contributed by atoms with van der Waals surface area (Å²) in [5.41, 5.74) is 5.88.